The highest BCUT2D eigenvalue weighted by molar-refractivity contribution is 6.11. The number of hydrogen-bond acceptors (Lipinski definition) is 2. The van der Waals surface area contributed by atoms with Gasteiger partial charge in [-0.15, -0.1) is 0 Å². The van der Waals surface area contributed by atoms with Gasteiger partial charge in [0.05, 0.1) is 11.6 Å². The Morgan fingerprint density at radius 3 is 2.25 bits per heavy atom. The molecule has 4 nitrogen and oxygen atoms in total. The second-order valence-electron chi connectivity index (χ2n) is 5.40. The average Bonchev–Trinajstić information content (AvgIpc) is 2.54. The molecule has 0 spiro atoms. The molecule has 0 radical (unpaired) electrons. The number of benzene rings is 2. The lowest BCUT2D eigenvalue weighted by atomic mass is 9.89. The maximum absolute atomic E-state index is 14.2. The molecule has 1 atom stereocenters. The molecule has 2 aromatic rings. The minimum atomic E-state index is -1.20. The van der Waals surface area contributed by atoms with Crippen LogP contribution in [0.25, 0.3) is 0 Å². The smallest absolute Gasteiger partial charge is 0.319 e. The Labute approximate surface area is 137 Å². The minimum Gasteiger partial charge on any atom is -0.327 e. The van der Waals surface area contributed by atoms with Crippen LogP contribution < -0.4 is 10.6 Å². The molecule has 24 heavy (non-hydrogen) atoms. The summed E-state index contributed by atoms with van der Waals surface area (Å²) in [5.41, 5.74) is 0.377. The SMILES string of the molecule is CC1=C(C(=O)c2ccccc2)C(c2c(F)cccc2F)NC(=O)N1. The van der Waals surface area contributed by atoms with Crippen LogP contribution in [0.15, 0.2) is 59.8 Å². The predicted molar refractivity (Wildman–Crippen MR) is 84.2 cm³/mol. The van der Waals surface area contributed by atoms with E-state index in [0.717, 1.165) is 12.1 Å². The van der Waals surface area contributed by atoms with Gasteiger partial charge in [-0.25, -0.2) is 13.6 Å². The predicted octanol–water partition coefficient (Wildman–Crippen LogP) is 3.48. The van der Waals surface area contributed by atoms with Crippen molar-refractivity contribution in [1.82, 2.24) is 10.6 Å². The third-order valence-corrected chi connectivity index (χ3v) is 3.84. The van der Waals surface area contributed by atoms with Gasteiger partial charge in [0.25, 0.3) is 0 Å². The first-order valence-corrected chi connectivity index (χ1v) is 7.31. The number of halogens is 2. The second kappa shape index (κ2) is 6.23. The van der Waals surface area contributed by atoms with Gasteiger partial charge in [-0.2, -0.15) is 0 Å². The van der Waals surface area contributed by atoms with Crippen molar-refractivity contribution in [3.63, 3.8) is 0 Å². The Bertz CT molecular complexity index is 827. The molecule has 1 aliphatic rings. The molecular formula is C18H14F2N2O2. The van der Waals surface area contributed by atoms with E-state index in [2.05, 4.69) is 10.6 Å². The largest absolute Gasteiger partial charge is 0.327 e. The molecule has 6 heteroatoms. The molecule has 122 valence electrons. The molecule has 2 aromatic carbocycles. The van der Waals surface area contributed by atoms with Gasteiger partial charge in [0.1, 0.15) is 11.6 Å². The summed E-state index contributed by atoms with van der Waals surface area (Å²) in [6.07, 6.45) is 0. The van der Waals surface area contributed by atoms with Gasteiger partial charge in [-0.3, -0.25) is 4.79 Å². The van der Waals surface area contributed by atoms with Gasteiger partial charge >= 0.3 is 6.03 Å². The molecular weight excluding hydrogens is 314 g/mol. The Morgan fingerprint density at radius 2 is 1.62 bits per heavy atom. The topological polar surface area (TPSA) is 58.2 Å². The van der Waals surface area contributed by atoms with Crippen molar-refractivity contribution in [1.29, 1.82) is 0 Å². The van der Waals surface area contributed by atoms with Gasteiger partial charge in [-0.1, -0.05) is 36.4 Å². The van der Waals surface area contributed by atoms with Crippen LogP contribution in [0.3, 0.4) is 0 Å². The molecule has 0 fully saturated rings. The van der Waals surface area contributed by atoms with Crippen LogP contribution in [-0.2, 0) is 0 Å². The molecule has 1 aliphatic heterocycles. The zero-order chi connectivity index (χ0) is 17.3. The van der Waals surface area contributed by atoms with Crippen LogP contribution in [0.2, 0.25) is 0 Å². The van der Waals surface area contributed by atoms with Crippen molar-refractivity contribution in [2.45, 2.75) is 13.0 Å². The lowest BCUT2D eigenvalue weighted by molar-refractivity contribution is 0.102. The van der Waals surface area contributed by atoms with E-state index in [4.69, 9.17) is 0 Å². The fourth-order valence-corrected chi connectivity index (χ4v) is 2.74. The van der Waals surface area contributed by atoms with Gasteiger partial charge in [0.2, 0.25) is 0 Å². The highest BCUT2D eigenvalue weighted by atomic mass is 19.1. The first-order valence-electron chi connectivity index (χ1n) is 7.31. The summed E-state index contributed by atoms with van der Waals surface area (Å²) in [5.74, 6) is -2.06. The van der Waals surface area contributed by atoms with Crippen LogP contribution >= 0.6 is 0 Å². The number of amides is 2. The number of carbonyl (C=O) groups is 2. The van der Waals surface area contributed by atoms with E-state index in [-0.39, 0.29) is 16.8 Å². The quantitative estimate of drug-likeness (QED) is 0.848. The lowest BCUT2D eigenvalue weighted by Gasteiger charge is -2.29. The Morgan fingerprint density at radius 1 is 1.00 bits per heavy atom. The second-order valence-corrected chi connectivity index (χ2v) is 5.40. The third kappa shape index (κ3) is 2.78. The number of nitrogens with one attached hydrogen (secondary N) is 2. The Hall–Kier alpha value is -3.02. The summed E-state index contributed by atoms with van der Waals surface area (Å²) in [6, 6.07) is 9.94. The Kier molecular flexibility index (Phi) is 4.12. The normalized spacial score (nSPS) is 17.3. The van der Waals surface area contributed by atoms with E-state index in [1.165, 1.54) is 13.0 Å². The number of carbonyl (C=O) groups excluding carboxylic acids is 2. The summed E-state index contributed by atoms with van der Waals surface area (Å²) in [5, 5.41) is 4.92. The van der Waals surface area contributed by atoms with Gasteiger partial charge in [0, 0.05) is 16.8 Å². The van der Waals surface area contributed by atoms with Crippen molar-refractivity contribution in [3.8, 4) is 0 Å². The zero-order valence-electron chi connectivity index (χ0n) is 12.8. The molecule has 0 aliphatic carbocycles. The summed E-state index contributed by atoms with van der Waals surface area (Å²) in [4.78, 5) is 24.6. The molecule has 1 heterocycles. The maximum atomic E-state index is 14.2. The van der Waals surface area contributed by atoms with Crippen LogP contribution in [0.5, 0.6) is 0 Å². The monoisotopic (exact) mass is 328 g/mol. The van der Waals surface area contributed by atoms with E-state index >= 15 is 0 Å². The summed E-state index contributed by atoms with van der Waals surface area (Å²) in [6.45, 7) is 1.53. The number of hydrogen-bond donors (Lipinski definition) is 2. The number of urea groups is 1. The maximum Gasteiger partial charge on any atom is 0.319 e. The fraction of sp³-hybridized carbons (Fsp3) is 0.111. The lowest BCUT2D eigenvalue weighted by Crippen LogP contribution is -2.45. The minimum absolute atomic E-state index is 0.102. The van der Waals surface area contributed by atoms with Crippen molar-refractivity contribution in [2.24, 2.45) is 0 Å². The number of Topliss-reactive ketones (excluding diaryl/α,β-unsaturated/α-hetero) is 1. The summed E-state index contributed by atoms with van der Waals surface area (Å²) < 4.78 is 28.4. The van der Waals surface area contributed by atoms with E-state index in [9.17, 15) is 18.4 Å². The first kappa shape index (κ1) is 15.9. The van der Waals surface area contributed by atoms with Crippen LogP contribution in [0.4, 0.5) is 13.6 Å². The van der Waals surface area contributed by atoms with Crippen molar-refractivity contribution < 1.29 is 18.4 Å². The van der Waals surface area contributed by atoms with Gasteiger partial charge < -0.3 is 10.6 Å². The summed E-state index contributed by atoms with van der Waals surface area (Å²) >= 11 is 0. The molecule has 1 unspecified atom stereocenters. The van der Waals surface area contributed by atoms with Crippen LogP contribution in [-0.4, -0.2) is 11.8 Å². The average molecular weight is 328 g/mol. The molecule has 0 aromatic heterocycles. The van der Waals surface area contributed by atoms with Crippen molar-refractivity contribution in [2.75, 3.05) is 0 Å². The third-order valence-electron chi connectivity index (χ3n) is 3.84. The number of ketones is 1. The van der Waals surface area contributed by atoms with Gasteiger partial charge in [0.15, 0.2) is 5.78 Å². The molecule has 3 rings (SSSR count). The van der Waals surface area contributed by atoms with E-state index in [0.29, 0.717) is 5.56 Å². The van der Waals surface area contributed by atoms with E-state index in [1.54, 1.807) is 30.3 Å². The van der Waals surface area contributed by atoms with Crippen molar-refractivity contribution >= 4 is 11.8 Å². The number of allylic oxidation sites excluding steroid dienone is 1. The highest BCUT2D eigenvalue weighted by Crippen LogP contribution is 2.32. The van der Waals surface area contributed by atoms with Crippen LogP contribution in [0, 0.1) is 11.6 Å². The Balaban J connectivity index is 2.15. The summed E-state index contributed by atoms with van der Waals surface area (Å²) in [7, 11) is 0. The molecule has 0 saturated carbocycles. The molecule has 2 N–H and O–H groups in total. The first-order chi connectivity index (χ1) is 11.5. The number of rotatable bonds is 3. The highest BCUT2D eigenvalue weighted by Gasteiger charge is 2.34. The molecule has 0 saturated heterocycles. The fourth-order valence-electron chi connectivity index (χ4n) is 2.74. The van der Waals surface area contributed by atoms with Gasteiger partial charge in [-0.05, 0) is 19.1 Å². The van der Waals surface area contributed by atoms with E-state index < -0.39 is 29.5 Å². The van der Waals surface area contributed by atoms with Crippen LogP contribution in [0.1, 0.15) is 28.9 Å². The molecule has 0 bridgehead atoms. The van der Waals surface area contributed by atoms with E-state index in [1.807, 2.05) is 0 Å². The standard InChI is InChI=1S/C18H14F2N2O2/c1-10-14(17(23)11-6-3-2-4-7-11)16(22-18(24)21-10)15-12(19)8-5-9-13(15)20/h2-9,16H,1H3,(H2,21,22,24). The molecule has 2 amide bonds. The van der Waals surface area contributed by atoms with Crippen molar-refractivity contribution in [3.05, 3.63) is 82.6 Å². The zero-order valence-corrected chi connectivity index (χ0v) is 12.8.